The minimum atomic E-state index is -4.50. The van der Waals surface area contributed by atoms with E-state index >= 15 is 0 Å². The van der Waals surface area contributed by atoms with Crippen molar-refractivity contribution in [2.24, 2.45) is 0 Å². The Balaban J connectivity index is 2.31. The third-order valence-corrected chi connectivity index (χ3v) is 3.44. The van der Waals surface area contributed by atoms with Crippen molar-refractivity contribution in [1.82, 2.24) is 10.2 Å². The highest BCUT2D eigenvalue weighted by Gasteiger charge is 2.31. The third-order valence-electron chi connectivity index (χ3n) is 2.75. The Bertz CT molecular complexity index is 696. The Hall–Kier alpha value is -2.03. The fourth-order valence-corrected chi connectivity index (χ4v) is 1.94. The maximum absolute atomic E-state index is 12.7. The highest BCUT2D eigenvalue weighted by atomic mass is 79.9. The topological polar surface area (TPSA) is 83.8 Å². The van der Waals surface area contributed by atoms with Crippen LogP contribution in [0.3, 0.4) is 0 Å². The van der Waals surface area contributed by atoms with E-state index in [-0.39, 0.29) is 17.1 Å². The van der Waals surface area contributed by atoms with Gasteiger partial charge in [0, 0.05) is 4.47 Å². The number of carbonyl (C=O) groups is 1. The summed E-state index contributed by atoms with van der Waals surface area (Å²) in [6.07, 6.45) is -4.50. The number of anilines is 2. The monoisotopic (exact) mass is 362 g/mol. The number of aromatic amines is 1. The number of rotatable bonds is 2. The molecule has 112 valence electrons. The van der Waals surface area contributed by atoms with E-state index in [0.717, 1.165) is 12.1 Å². The largest absolute Gasteiger partial charge is 0.416 e. The number of nitrogens with two attached hydrogens (primary N) is 1. The predicted molar refractivity (Wildman–Crippen MR) is 74.8 cm³/mol. The first kappa shape index (κ1) is 15.4. The molecule has 1 aromatic carbocycles. The quantitative estimate of drug-likeness (QED) is 0.765. The molecule has 0 aliphatic carbocycles. The summed E-state index contributed by atoms with van der Waals surface area (Å²) in [7, 11) is 0. The Labute approximate surface area is 125 Å². The van der Waals surface area contributed by atoms with Crippen molar-refractivity contribution in [3.63, 3.8) is 0 Å². The van der Waals surface area contributed by atoms with Crippen molar-refractivity contribution in [2.45, 2.75) is 13.1 Å². The second-order valence-corrected chi connectivity index (χ2v) is 5.11. The summed E-state index contributed by atoms with van der Waals surface area (Å²) >= 11 is 3.08. The van der Waals surface area contributed by atoms with Crippen LogP contribution in [0.25, 0.3) is 0 Å². The van der Waals surface area contributed by atoms with Crippen molar-refractivity contribution in [3.8, 4) is 0 Å². The molecule has 0 fully saturated rings. The Morgan fingerprint density at radius 3 is 2.62 bits per heavy atom. The highest BCUT2D eigenvalue weighted by Crippen LogP contribution is 2.34. The van der Waals surface area contributed by atoms with Crippen LogP contribution in [-0.4, -0.2) is 16.1 Å². The van der Waals surface area contributed by atoms with Gasteiger partial charge in [-0.1, -0.05) is 0 Å². The van der Waals surface area contributed by atoms with Gasteiger partial charge in [0.15, 0.2) is 5.69 Å². The van der Waals surface area contributed by atoms with Crippen molar-refractivity contribution >= 4 is 33.2 Å². The fraction of sp³-hybridized carbons (Fsp3) is 0.167. The van der Waals surface area contributed by atoms with Crippen LogP contribution >= 0.6 is 15.9 Å². The molecule has 1 aromatic heterocycles. The fourth-order valence-electron chi connectivity index (χ4n) is 1.59. The van der Waals surface area contributed by atoms with Gasteiger partial charge >= 0.3 is 6.18 Å². The van der Waals surface area contributed by atoms with E-state index in [1.54, 1.807) is 6.92 Å². The number of carbonyl (C=O) groups excluding carboxylic acids is 1. The summed E-state index contributed by atoms with van der Waals surface area (Å²) in [6, 6.07) is 2.95. The molecule has 4 N–H and O–H groups in total. The number of hydrogen-bond donors (Lipinski definition) is 3. The number of nitrogens with one attached hydrogen (secondary N) is 2. The van der Waals surface area contributed by atoms with Crippen LogP contribution in [0, 0.1) is 6.92 Å². The normalized spacial score (nSPS) is 11.5. The zero-order chi connectivity index (χ0) is 15.8. The number of alkyl halides is 3. The van der Waals surface area contributed by atoms with Crippen LogP contribution < -0.4 is 11.1 Å². The molecule has 0 saturated carbocycles. The van der Waals surface area contributed by atoms with Crippen LogP contribution in [-0.2, 0) is 6.18 Å². The highest BCUT2D eigenvalue weighted by molar-refractivity contribution is 9.10. The molecule has 2 aromatic rings. The van der Waals surface area contributed by atoms with E-state index in [1.165, 1.54) is 6.07 Å². The molecule has 1 heterocycles. The molecule has 5 nitrogen and oxygen atoms in total. The minimum Gasteiger partial charge on any atom is -0.395 e. The molecule has 0 saturated heterocycles. The van der Waals surface area contributed by atoms with E-state index in [4.69, 9.17) is 5.73 Å². The molecule has 1 amide bonds. The zero-order valence-corrected chi connectivity index (χ0v) is 12.3. The number of aromatic nitrogens is 2. The first-order valence-corrected chi connectivity index (χ1v) is 6.48. The minimum absolute atomic E-state index is 0.0186. The lowest BCUT2D eigenvalue weighted by molar-refractivity contribution is -0.137. The average Bonchev–Trinajstić information content (AvgIpc) is 2.71. The molecular weight excluding hydrogens is 353 g/mol. The number of H-pyrrole nitrogens is 1. The van der Waals surface area contributed by atoms with Gasteiger partial charge in [0.2, 0.25) is 0 Å². The molecular formula is C12H10BrF3N4O. The van der Waals surface area contributed by atoms with Gasteiger partial charge < -0.3 is 11.1 Å². The molecule has 0 spiro atoms. The SMILES string of the molecule is Cc1[nH]nc(C(=O)Nc2cc(C(F)(F)F)ccc2Br)c1N. The molecule has 0 atom stereocenters. The smallest absolute Gasteiger partial charge is 0.395 e. The van der Waals surface area contributed by atoms with Crippen molar-refractivity contribution in [3.05, 3.63) is 39.6 Å². The van der Waals surface area contributed by atoms with Gasteiger partial charge in [0.05, 0.1) is 22.6 Å². The molecule has 0 radical (unpaired) electrons. The number of aryl methyl sites for hydroxylation is 1. The van der Waals surface area contributed by atoms with Gasteiger partial charge in [-0.3, -0.25) is 9.89 Å². The molecule has 2 rings (SSSR count). The summed E-state index contributed by atoms with van der Waals surface area (Å²) in [5.74, 6) is -0.697. The van der Waals surface area contributed by atoms with Crippen molar-refractivity contribution in [2.75, 3.05) is 11.1 Å². The number of benzene rings is 1. The lowest BCUT2D eigenvalue weighted by Gasteiger charge is -2.11. The van der Waals surface area contributed by atoms with Crippen LogP contribution in [0.4, 0.5) is 24.5 Å². The summed E-state index contributed by atoms with van der Waals surface area (Å²) in [5.41, 5.74) is 5.34. The number of halogens is 4. The first-order chi connectivity index (χ1) is 9.70. The van der Waals surface area contributed by atoms with E-state index in [0.29, 0.717) is 10.2 Å². The second kappa shape index (κ2) is 5.40. The molecule has 0 aliphatic rings. The lowest BCUT2D eigenvalue weighted by Crippen LogP contribution is -2.15. The molecule has 0 bridgehead atoms. The predicted octanol–water partition coefficient (Wildman–Crippen LogP) is 3.33. The Morgan fingerprint density at radius 2 is 2.10 bits per heavy atom. The van der Waals surface area contributed by atoms with Gasteiger partial charge in [-0.2, -0.15) is 18.3 Å². The van der Waals surface area contributed by atoms with Gasteiger partial charge in [-0.25, -0.2) is 0 Å². The van der Waals surface area contributed by atoms with Gasteiger partial charge in [0.25, 0.3) is 5.91 Å². The average molecular weight is 363 g/mol. The van der Waals surface area contributed by atoms with E-state index in [1.807, 2.05) is 0 Å². The summed E-state index contributed by atoms with van der Waals surface area (Å²) in [4.78, 5) is 12.0. The number of amides is 1. The Morgan fingerprint density at radius 1 is 1.43 bits per heavy atom. The zero-order valence-electron chi connectivity index (χ0n) is 10.7. The van der Waals surface area contributed by atoms with Crippen LogP contribution in [0.5, 0.6) is 0 Å². The molecule has 21 heavy (non-hydrogen) atoms. The van der Waals surface area contributed by atoms with E-state index < -0.39 is 17.6 Å². The lowest BCUT2D eigenvalue weighted by atomic mass is 10.2. The third kappa shape index (κ3) is 3.18. The first-order valence-electron chi connectivity index (χ1n) is 5.68. The summed E-state index contributed by atoms with van der Waals surface area (Å²) < 4.78 is 38.3. The maximum atomic E-state index is 12.7. The Kier molecular flexibility index (Phi) is 3.95. The standard InChI is InChI=1S/C12H10BrF3N4O/c1-5-9(17)10(20-19-5)11(21)18-8-4-6(12(14,15)16)2-3-7(8)13/h2-4H,17H2,1H3,(H,18,21)(H,19,20). The molecule has 9 heteroatoms. The number of nitrogen functional groups attached to an aromatic ring is 1. The summed E-state index contributed by atoms with van der Waals surface area (Å²) in [6.45, 7) is 1.62. The van der Waals surface area contributed by atoms with Crippen molar-refractivity contribution in [1.29, 1.82) is 0 Å². The van der Waals surface area contributed by atoms with Gasteiger partial charge in [0.1, 0.15) is 0 Å². The summed E-state index contributed by atoms with van der Waals surface area (Å²) in [5, 5.41) is 8.58. The molecule has 0 aliphatic heterocycles. The van der Waals surface area contributed by atoms with Gasteiger partial charge in [-0.05, 0) is 41.1 Å². The van der Waals surface area contributed by atoms with Crippen LogP contribution in [0.15, 0.2) is 22.7 Å². The maximum Gasteiger partial charge on any atom is 0.416 e. The van der Waals surface area contributed by atoms with E-state index in [2.05, 4.69) is 31.4 Å². The van der Waals surface area contributed by atoms with E-state index in [9.17, 15) is 18.0 Å². The van der Waals surface area contributed by atoms with Crippen LogP contribution in [0.2, 0.25) is 0 Å². The molecule has 0 unspecified atom stereocenters. The van der Waals surface area contributed by atoms with Crippen molar-refractivity contribution < 1.29 is 18.0 Å². The van der Waals surface area contributed by atoms with Crippen LogP contribution in [0.1, 0.15) is 21.7 Å². The number of hydrogen-bond acceptors (Lipinski definition) is 3. The number of nitrogens with zero attached hydrogens (tertiary/aromatic N) is 1. The van der Waals surface area contributed by atoms with Gasteiger partial charge in [-0.15, -0.1) is 0 Å². The second-order valence-electron chi connectivity index (χ2n) is 4.26.